The number of hydrogen-bond acceptors (Lipinski definition) is 5. The van der Waals surface area contributed by atoms with E-state index in [-0.39, 0.29) is 12.5 Å². The van der Waals surface area contributed by atoms with Crippen LogP contribution < -0.4 is 4.74 Å². The van der Waals surface area contributed by atoms with Crippen LogP contribution in [0.4, 0.5) is 0 Å². The average Bonchev–Trinajstić information content (AvgIpc) is 3.25. The third-order valence-corrected chi connectivity index (χ3v) is 5.40. The van der Waals surface area contributed by atoms with E-state index < -0.39 is 6.10 Å². The summed E-state index contributed by atoms with van der Waals surface area (Å²) in [6.45, 7) is 5.04. The first-order valence-corrected chi connectivity index (χ1v) is 10.1. The van der Waals surface area contributed by atoms with Crippen molar-refractivity contribution in [3.05, 3.63) is 65.1 Å². The van der Waals surface area contributed by atoms with Gasteiger partial charge in [0.15, 0.2) is 0 Å². The number of carbonyl (C=O) groups is 1. The first-order valence-electron chi connectivity index (χ1n) is 10.1. The highest BCUT2D eigenvalue weighted by atomic mass is 16.5. The van der Waals surface area contributed by atoms with Crippen LogP contribution in [-0.4, -0.2) is 43.4 Å². The van der Waals surface area contributed by atoms with E-state index in [4.69, 9.17) is 4.74 Å². The molecule has 0 spiro atoms. The van der Waals surface area contributed by atoms with Crippen molar-refractivity contribution in [3.8, 4) is 17.0 Å². The number of benzene rings is 1. The summed E-state index contributed by atoms with van der Waals surface area (Å²) in [5, 5.41) is 14.1. The molecule has 4 rings (SSSR count). The molecule has 1 N–H and O–H groups in total. The quantitative estimate of drug-likeness (QED) is 0.652. The molecule has 0 unspecified atom stereocenters. The van der Waals surface area contributed by atoms with Gasteiger partial charge in [0.2, 0.25) is 5.88 Å². The zero-order valence-corrected chi connectivity index (χ0v) is 17.5. The number of aliphatic hydroxyl groups excluding tert-OH is 1. The number of carbonyl (C=O) groups excluding carboxylic acids is 1. The van der Waals surface area contributed by atoms with E-state index in [1.54, 1.807) is 11.1 Å². The number of hydrogen-bond donors (Lipinski definition) is 1. The molecule has 0 fully saturated rings. The molecule has 0 aliphatic carbocycles. The lowest BCUT2D eigenvalue weighted by Crippen LogP contribution is -2.24. The fraction of sp³-hybridized carbons (Fsp3) is 0.348. The van der Waals surface area contributed by atoms with Gasteiger partial charge in [-0.05, 0) is 36.1 Å². The molecule has 1 amide bonds. The van der Waals surface area contributed by atoms with Gasteiger partial charge in [0.25, 0.3) is 5.91 Å². The van der Waals surface area contributed by atoms with Gasteiger partial charge in [-0.3, -0.25) is 9.48 Å². The Bertz CT molecular complexity index is 1060. The fourth-order valence-corrected chi connectivity index (χ4v) is 3.70. The molecule has 0 saturated heterocycles. The normalized spacial score (nSPS) is 14.1. The molecule has 1 aliphatic rings. The number of pyridine rings is 1. The summed E-state index contributed by atoms with van der Waals surface area (Å²) in [6, 6.07) is 10.1. The Labute approximate surface area is 175 Å². The molecule has 30 heavy (non-hydrogen) atoms. The topological polar surface area (TPSA) is 80.5 Å². The van der Waals surface area contributed by atoms with Gasteiger partial charge in [-0.1, -0.05) is 31.2 Å². The molecular formula is C23H26N4O3. The van der Waals surface area contributed by atoms with E-state index in [2.05, 4.69) is 22.2 Å². The van der Waals surface area contributed by atoms with Crippen molar-refractivity contribution < 1.29 is 14.6 Å². The number of nitrogens with zero attached hydrogens (tertiary/aromatic N) is 4. The first-order chi connectivity index (χ1) is 14.5. The number of amides is 1. The van der Waals surface area contributed by atoms with Gasteiger partial charge in [0.05, 0.1) is 11.8 Å². The largest absolute Gasteiger partial charge is 0.474 e. The Kier molecular flexibility index (Phi) is 5.55. The zero-order valence-electron chi connectivity index (χ0n) is 17.5. The zero-order chi connectivity index (χ0) is 21.3. The van der Waals surface area contributed by atoms with Gasteiger partial charge in [-0.15, -0.1) is 0 Å². The Morgan fingerprint density at radius 2 is 2.00 bits per heavy atom. The number of aromatic nitrogens is 3. The van der Waals surface area contributed by atoms with Crippen LogP contribution in [-0.2, 0) is 20.1 Å². The maximum absolute atomic E-state index is 13.0. The average molecular weight is 406 g/mol. The van der Waals surface area contributed by atoms with Crippen LogP contribution in [0.25, 0.3) is 11.1 Å². The van der Waals surface area contributed by atoms with Crippen molar-refractivity contribution in [2.75, 3.05) is 6.61 Å². The molecule has 2 aromatic heterocycles. The van der Waals surface area contributed by atoms with Crippen molar-refractivity contribution in [2.24, 2.45) is 7.05 Å². The van der Waals surface area contributed by atoms with Crippen molar-refractivity contribution in [1.82, 2.24) is 19.7 Å². The van der Waals surface area contributed by atoms with Crippen molar-refractivity contribution >= 4 is 5.91 Å². The van der Waals surface area contributed by atoms with E-state index in [1.807, 2.05) is 50.0 Å². The Morgan fingerprint density at radius 3 is 2.67 bits per heavy atom. The monoisotopic (exact) mass is 406 g/mol. The van der Waals surface area contributed by atoms with Gasteiger partial charge in [0, 0.05) is 38.1 Å². The lowest BCUT2D eigenvalue weighted by atomic mass is 10.0. The molecule has 3 aromatic rings. The van der Waals surface area contributed by atoms with Gasteiger partial charge < -0.3 is 14.7 Å². The van der Waals surface area contributed by atoms with Crippen LogP contribution in [0.15, 0.2) is 42.7 Å². The van der Waals surface area contributed by atoms with E-state index in [0.29, 0.717) is 31.0 Å². The summed E-state index contributed by atoms with van der Waals surface area (Å²) < 4.78 is 7.44. The number of ether oxygens (including phenoxy) is 1. The smallest absolute Gasteiger partial charge is 0.260 e. The molecule has 1 atom stereocenters. The summed E-state index contributed by atoms with van der Waals surface area (Å²) in [4.78, 5) is 19.0. The second kappa shape index (κ2) is 8.28. The highest BCUT2D eigenvalue weighted by Gasteiger charge is 2.31. The number of fused-ring (bicyclic) bond motifs is 1. The maximum atomic E-state index is 13.0. The minimum atomic E-state index is -0.572. The third-order valence-electron chi connectivity index (χ3n) is 5.40. The minimum Gasteiger partial charge on any atom is -0.474 e. The Morgan fingerprint density at radius 1 is 1.23 bits per heavy atom. The lowest BCUT2D eigenvalue weighted by molar-refractivity contribution is 0.0752. The number of aryl methyl sites for hydroxylation is 2. The van der Waals surface area contributed by atoms with E-state index >= 15 is 0 Å². The van der Waals surface area contributed by atoms with Crippen LogP contribution in [0.2, 0.25) is 0 Å². The fourth-order valence-electron chi connectivity index (χ4n) is 3.70. The van der Waals surface area contributed by atoms with Gasteiger partial charge in [0.1, 0.15) is 12.2 Å². The second-order valence-corrected chi connectivity index (χ2v) is 7.68. The van der Waals surface area contributed by atoms with Crippen molar-refractivity contribution in [2.45, 2.75) is 39.5 Å². The van der Waals surface area contributed by atoms with E-state index in [9.17, 15) is 9.90 Å². The minimum absolute atomic E-state index is 0.0914. The predicted octanol–water partition coefficient (Wildman–Crippen LogP) is 3.10. The molecule has 156 valence electrons. The van der Waals surface area contributed by atoms with Gasteiger partial charge >= 0.3 is 0 Å². The Hall–Kier alpha value is -3.19. The molecule has 1 aliphatic heterocycles. The van der Waals surface area contributed by atoms with Gasteiger partial charge in [-0.25, -0.2) is 4.98 Å². The summed E-state index contributed by atoms with van der Waals surface area (Å²) in [5.74, 6) is 0.209. The predicted molar refractivity (Wildman–Crippen MR) is 113 cm³/mol. The van der Waals surface area contributed by atoms with E-state index in [0.717, 1.165) is 27.9 Å². The summed E-state index contributed by atoms with van der Waals surface area (Å²) >= 11 is 0. The molecule has 7 heteroatoms. The molecule has 3 heterocycles. The SMILES string of the molecule is CC[C@@H](O)COc1nccc2c1C(=O)N(Cc1ccc(-c3cn(C)nc3C)cc1)C2. The molecule has 7 nitrogen and oxygen atoms in total. The highest BCUT2D eigenvalue weighted by molar-refractivity contribution is 6.00. The highest BCUT2D eigenvalue weighted by Crippen LogP contribution is 2.31. The number of rotatable bonds is 7. The van der Waals surface area contributed by atoms with E-state index in [1.165, 1.54) is 0 Å². The lowest BCUT2D eigenvalue weighted by Gasteiger charge is -2.16. The summed E-state index contributed by atoms with van der Waals surface area (Å²) in [7, 11) is 1.91. The maximum Gasteiger partial charge on any atom is 0.260 e. The summed E-state index contributed by atoms with van der Waals surface area (Å²) in [5.41, 5.74) is 5.66. The van der Waals surface area contributed by atoms with Crippen molar-refractivity contribution in [1.29, 1.82) is 0 Å². The van der Waals surface area contributed by atoms with Crippen LogP contribution >= 0.6 is 0 Å². The first kappa shape index (κ1) is 20.1. The molecule has 0 radical (unpaired) electrons. The molecular weight excluding hydrogens is 380 g/mol. The van der Waals surface area contributed by atoms with Crippen LogP contribution in [0.5, 0.6) is 5.88 Å². The molecule has 0 saturated carbocycles. The van der Waals surface area contributed by atoms with Crippen molar-refractivity contribution in [3.63, 3.8) is 0 Å². The van der Waals surface area contributed by atoms with Crippen LogP contribution in [0, 0.1) is 6.92 Å². The van der Waals surface area contributed by atoms with Crippen LogP contribution in [0.3, 0.4) is 0 Å². The standard InChI is InChI=1S/C23H26N4O3/c1-4-19(28)14-30-22-21-18(9-10-24-22)12-27(23(21)29)11-16-5-7-17(8-6-16)20-13-26(3)25-15(20)2/h5-10,13,19,28H,4,11-12,14H2,1-3H3/t19-/m1/s1. The third kappa shape index (κ3) is 3.93. The molecule has 1 aromatic carbocycles. The molecule has 0 bridgehead atoms. The Balaban J connectivity index is 1.48. The summed E-state index contributed by atoms with van der Waals surface area (Å²) in [6.07, 6.45) is 3.67. The van der Waals surface area contributed by atoms with Crippen LogP contribution in [0.1, 0.15) is 40.5 Å². The number of aliphatic hydroxyl groups is 1. The van der Waals surface area contributed by atoms with Gasteiger partial charge in [-0.2, -0.15) is 5.10 Å². The second-order valence-electron chi connectivity index (χ2n) is 7.68.